The largest absolute Gasteiger partial charge is 0.390 e. The van der Waals surface area contributed by atoms with Crippen molar-refractivity contribution in [2.75, 3.05) is 0 Å². The number of halogens is 2. The summed E-state index contributed by atoms with van der Waals surface area (Å²) in [5.74, 6) is -0.345. The van der Waals surface area contributed by atoms with Crippen molar-refractivity contribution in [2.24, 2.45) is 0 Å². The lowest BCUT2D eigenvalue weighted by Crippen LogP contribution is -2.33. The van der Waals surface area contributed by atoms with E-state index in [1.807, 2.05) is 24.3 Å². The molecule has 0 aliphatic heterocycles. The Morgan fingerprint density at radius 1 is 1.24 bits per heavy atom. The molecule has 0 fully saturated rings. The second-order valence-corrected chi connectivity index (χ2v) is 5.70. The number of fused-ring (bicyclic) bond motifs is 1. The first-order chi connectivity index (χ1) is 10.0. The Hall–Kier alpha value is -1.62. The second kappa shape index (κ2) is 5.64. The quantitative estimate of drug-likeness (QED) is 0.836. The summed E-state index contributed by atoms with van der Waals surface area (Å²) in [7, 11) is 0. The molecule has 1 amide bonds. The van der Waals surface area contributed by atoms with Gasteiger partial charge >= 0.3 is 0 Å². The molecule has 0 saturated carbocycles. The molecule has 2 atom stereocenters. The maximum atomic E-state index is 12.3. The third kappa shape index (κ3) is 2.88. The van der Waals surface area contributed by atoms with E-state index in [1.165, 1.54) is 12.1 Å². The normalized spacial score (nSPS) is 20.1. The highest BCUT2D eigenvalue weighted by Gasteiger charge is 2.32. The lowest BCUT2D eigenvalue weighted by Gasteiger charge is -2.18. The van der Waals surface area contributed by atoms with Gasteiger partial charge in [0.15, 0.2) is 0 Å². The highest BCUT2D eigenvalue weighted by molar-refractivity contribution is 6.33. The topological polar surface area (TPSA) is 62.2 Å². The lowest BCUT2D eigenvalue weighted by molar-refractivity contribution is 0.0858. The fourth-order valence-corrected chi connectivity index (χ4v) is 3.03. The molecule has 3 rings (SSSR count). The van der Waals surface area contributed by atoms with Gasteiger partial charge in [-0.2, -0.15) is 0 Å². The van der Waals surface area contributed by atoms with E-state index in [4.69, 9.17) is 23.2 Å². The van der Waals surface area contributed by atoms with Gasteiger partial charge in [-0.3, -0.25) is 4.79 Å². The second-order valence-electron chi connectivity index (χ2n) is 4.92. The number of hydrogen-bond donors (Lipinski definition) is 2. The maximum absolute atomic E-state index is 12.3. The fraction of sp³-hybridized carbons (Fsp3) is 0.200. The smallest absolute Gasteiger partial charge is 0.252 e. The lowest BCUT2D eigenvalue weighted by atomic mass is 10.1. The molecule has 21 heavy (non-hydrogen) atoms. The summed E-state index contributed by atoms with van der Waals surface area (Å²) in [5, 5.41) is 13.3. The fourth-order valence-electron chi connectivity index (χ4n) is 2.57. The third-order valence-electron chi connectivity index (χ3n) is 3.52. The molecule has 1 heterocycles. The Bertz CT molecular complexity index is 686. The summed E-state index contributed by atoms with van der Waals surface area (Å²) in [5.41, 5.74) is 2.29. The van der Waals surface area contributed by atoms with Crippen molar-refractivity contribution in [3.63, 3.8) is 0 Å². The summed E-state index contributed by atoms with van der Waals surface area (Å²) < 4.78 is 0. The van der Waals surface area contributed by atoms with E-state index < -0.39 is 12.1 Å². The van der Waals surface area contributed by atoms with E-state index >= 15 is 0 Å². The van der Waals surface area contributed by atoms with Crippen LogP contribution in [0.2, 0.25) is 10.3 Å². The highest BCUT2D eigenvalue weighted by Crippen LogP contribution is 2.31. The van der Waals surface area contributed by atoms with E-state index in [0.717, 1.165) is 11.1 Å². The molecule has 108 valence electrons. The number of rotatable bonds is 2. The van der Waals surface area contributed by atoms with Crippen LogP contribution in [-0.2, 0) is 6.42 Å². The van der Waals surface area contributed by atoms with Crippen molar-refractivity contribution >= 4 is 29.1 Å². The maximum Gasteiger partial charge on any atom is 0.252 e. The van der Waals surface area contributed by atoms with Crippen LogP contribution in [0.4, 0.5) is 0 Å². The van der Waals surface area contributed by atoms with Gasteiger partial charge in [0.2, 0.25) is 0 Å². The van der Waals surface area contributed by atoms with Crippen LogP contribution >= 0.6 is 23.2 Å². The van der Waals surface area contributed by atoms with E-state index in [0.29, 0.717) is 12.0 Å². The Labute approximate surface area is 131 Å². The first kappa shape index (κ1) is 14.3. The van der Waals surface area contributed by atoms with Crippen molar-refractivity contribution in [3.05, 3.63) is 63.4 Å². The van der Waals surface area contributed by atoms with Crippen LogP contribution in [0.25, 0.3) is 0 Å². The van der Waals surface area contributed by atoms with E-state index in [9.17, 15) is 9.90 Å². The van der Waals surface area contributed by atoms with Gasteiger partial charge in [0.05, 0.1) is 12.1 Å². The summed E-state index contributed by atoms with van der Waals surface area (Å²) in [6.45, 7) is 0. The molecule has 4 nitrogen and oxygen atoms in total. The molecule has 2 N–H and O–H groups in total. The monoisotopic (exact) mass is 322 g/mol. The molecule has 2 aromatic rings. The van der Waals surface area contributed by atoms with Crippen molar-refractivity contribution in [1.82, 2.24) is 10.3 Å². The van der Waals surface area contributed by atoms with Gasteiger partial charge in [-0.25, -0.2) is 4.98 Å². The van der Waals surface area contributed by atoms with Gasteiger partial charge in [-0.05, 0) is 23.3 Å². The minimum Gasteiger partial charge on any atom is -0.390 e. The van der Waals surface area contributed by atoms with Gasteiger partial charge in [0.1, 0.15) is 10.3 Å². The standard InChI is InChI=1S/C15H12Cl2N2O2/c16-12-6-9(7-13(17)18-12)15(21)19-14-10-4-2-1-3-8(10)5-11(14)20/h1-4,6-7,11,14,20H,5H2,(H,19,21)/t11-,14+/m0/s1. The molecule has 0 saturated heterocycles. The van der Waals surface area contributed by atoms with Crippen LogP contribution in [0.3, 0.4) is 0 Å². The minimum absolute atomic E-state index is 0.153. The zero-order chi connectivity index (χ0) is 15.0. The zero-order valence-electron chi connectivity index (χ0n) is 10.9. The number of pyridine rings is 1. The van der Waals surface area contributed by atoms with Gasteiger partial charge in [-0.15, -0.1) is 0 Å². The zero-order valence-corrected chi connectivity index (χ0v) is 12.4. The third-order valence-corrected chi connectivity index (χ3v) is 3.90. The summed E-state index contributed by atoms with van der Waals surface area (Å²) in [6, 6.07) is 10.1. The van der Waals surface area contributed by atoms with Gasteiger partial charge in [-0.1, -0.05) is 47.5 Å². The molecule has 0 radical (unpaired) electrons. The Morgan fingerprint density at radius 2 is 1.90 bits per heavy atom. The first-order valence-corrected chi connectivity index (χ1v) is 7.20. The van der Waals surface area contributed by atoms with Crippen LogP contribution < -0.4 is 5.32 Å². The molecular weight excluding hydrogens is 311 g/mol. The van der Waals surface area contributed by atoms with Gasteiger partial charge < -0.3 is 10.4 Å². The average Bonchev–Trinajstić information content (AvgIpc) is 2.74. The number of carbonyl (C=O) groups excluding carboxylic acids is 1. The molecule has 0 unspecified atom stereocenters. The van der Waals surface area contributed by atoms with Gasteiger partial charge in [0.25, 0.3) is 5.91 Å². The molecule has 0 bridgehead atoms. The Balaban J connectivity index is 1.85. The number of carbonyl (C=O) groups is 1. The SMILES string of the molecule is O=C(N[C@@H]1c2ccccc2C[C@@H]1O)c1cc(Cl)nc(Cl)c1. The van der Waals surface area contributed by atoms with Crippen molar-refractivity contribution in [2.45, 2.75) is 18.6 Å². The Morgan fingerprint density at radius 3 is 2.62 bits per heavy atom. The van der Waals surface area contributed by atoms with E-state index in [1.54, 1.807) is 0 Å². The number of hydrogen-bond acceptors (Lipinski definition) is 3. The molecule has 6 heteroatoms. The Kier molecular flexibility index (Phi) is 3.85. The molecule has 1 aliphatic carbocycles. The van der Waals surface area contributed by atoms with Gasteiger partial charge in [0, 0.05) is 12.0 Å². The number of benzene rings is 1. The highest BCUT2D eigenvalue weighted by atomic mass is 35.5. The number of amides is 1. The van der Waals surface area contributed by atoms with Crippen molar-refractivity contribution in [3.8, 4) is 0 Å². The predicted molar refractivity (Wildman–Crippen MR) is 80.6 cm³/mol. The minimum atomic E-state index is -0.640. The predicted octanol–water partition coefficient (Wildman–Crippen LogP) is 2.78. The van der Waals surface area contributed by atoms with Crippen LogP contribution in [0.15, 0.2) is 36.4 Å². The molecular formula is C15H12Cl2N2O2. The number of aromatic nitrogens is 1. The van der Waals surface area contributed by atoms with E-state index in [2.05, 4.69) is 10.3 Å². The number of aliphatic hydroxyl groups is 1. The van der Waals surface area contributed by atoms with Crippen molar-refractivity contribution < 1.29 is 9.90 Å². The number of aliphatic hydroxyl groups excluding tert-OH is 1. The first-order valence-electron chi connectivity index (χ1n) is 6.44. The molecule has 1 aromatic carbocycles. The number of nitrogens with one attached hydrogen (secondary N) is 1. The molecule has 0 spiro atoms. The van der Waals surface area contributed by atoms with Crippen LogP contribution in [0.5, 0.6) is 0 Å². The average molecular weight is 323 g/mol. The molecule has 1 aliphatic rings. The van der Waals surface area contributed by atoms with Crippen LogP contribution in [0.1, 0.15) is 27.5 Å². The van der Waals surface area contributed by atoms with Crippen LogP contribution in [0, 0.1) is 0 Å². The van der Waals surface area contributed by atoms with E-state index in [-0.39, 0.29) is 16.2 Å². The molecule has 1 aromatic heterocycles. The van der Waals surface area contributed by atoms with Crippen LogP contribution in [-0.4, -0.2) is 22.1 Å². The van der Waals surface area contributed by atoms with Crippen molar-refractivity contribution in [1.29, 1.82) is 0 Å². The number of nitrogens with zero attached hydrogens (tertiary/aromatic N) is 1. The summed E-state index contributed by atoms with van der Waals surface area (Å²) in [6.07, 6.45) is -0.113. The summed E-state index contributed by atoms with van der Waals surface area (Å²) in [4.78, 5) is 16.1. The summed E-state index contributed by atoms with van der Waals surface area (Å²) >= 11 is 11.6.